The minimum absolute atomic E-state index is 0.151. The molecule has 2 N–H and O–H groups in total. The second kappa shape index (κ2) is 8.58. The molecule has 2 aromatic carbocycles. The Morgan fingerprint density at radius 3 is 2.66 bits per heavy atom. The number of benzene rings is 2. The van der Waals surface area contributed by atoms with Crippen molar-refractivity contribution in [3.05, 3.63) is 63.2 Å². The number of aromatic nitrogens is 2. The molecule has 32 heavy (non-hydrogen) atoms. The van der Waals surface area contributed by atoms with Crippen molar-refractivity contribution in [1.82, 2.24) is 9.55 Å². The third-order valence-corrected chi connectivity index (χ3v) is 5.68. The number of fused-ring (bicyclic) bond motifs is 1. The molecule has 0 amide bonds. The van der Waals surface area contributed by atoms with Gasteiger partial charge >= 0.3 is 5.97 Å². The zero-order valence-electron chi connectivity index (χ0n) is 18.2. The average Bonchev–Trinajstić information content (AvgIpc) is 2.77. The van der Waals surface area contributed by atoms with E-state index in [1.54, 1.807) is 11.6 Å². The third-order valence-electron chi connectivity index (χ3n) is 5.68. The van der Waals surface area contributed by atoms with Crippen molar-refractivity contribution >= 4 is 28.5 Å². The van der Waals surface area contributed by atoms with Gasteiger partial charge in [0.2, 0.25) is 5.95 Å². The molecule has 0 radical (unpaired) electrons. The summed E-state index contributed by atoms with van der Waals surface area (Å²) in [6.45, 7) is 6.16. The maximum absolute atomic E-state index is 13.6. The Kier molecular flexibility index (Phi) is 5.84. The molecule has 1 atom stereocenters. The fourth-order valence-electron chi connectivity index (χ4n) is 4.05. The first kappa shape index (κ1) is 21.8. The van der Waals surface area contributed by atoms with Crippen molar-refractivity contribution in [2.75, 3.05) is 36.5 Å². The monoisotopic (exact) mass is 440 g/mol. The number of rotatable bonds is 5. The smallest absolute Gasteiger partial charge is 0.337 e. The number of hydrogen-bond donors (Lipinski definition) is 2. The number of nitrogens with zero attached hydrogens (tertiary/aromatic N) is 3. The van der Waals surface area contributed by atoms with Crippen molar-refractivity contribution in [3.63, 3.8) is 0 Å². The molecule has 0 bridgehead atoms. The van der Waals surface area contributed by atoms with Crippen LogP contribution in [0.3, 0.4) is 0 Å². The quantitative estimate of drug-likeness (QED) is 0.629. The summed E-state index contributed by atoms with van der Waals surface area (Å²) in [7, 11) is 1.71. The SMILES string of the molecule is Cc1cc([C@H](C)Nc2ccc(F)cc2C(=O)O)c2nc(N3CCOCC3)n(C)c(=O)c2c1. The van der Waals surface area contributed by atoms with Gasteiger partial charge in [-0.2, -0.15) is 0 Å². The normalized spacial score (nSPS) is 15.1. The Bertz CT molecular complexity index is 1250. The Labute approximate surface area is 184 Å². The molecule has 1 aliphatic heterocycles. The molecule has 9 heteroatoms. The molecule has 1 fully saturated rings. The molecule has 1 aliphatic rings. The van der Waals surface area contributed by atoms with Crippen LogP contribution in [0, 0.1) is 12.7 Å². The van der Waals surface area contributed by atoms with Gasteiger partial charge in [-0.25, -0.2) is 14.2 Å². The van der Waals surface area contributed by atoms with Crippen LogP contribution in [0.5, 0.6) is 0 Å². The first-order chi connectivity index (χ1) is 15.3. The minimum Gasteiger partial charge on any atom is -0.478 e. The standard InChI is InChI=1S/C23H25FN4O4/c1-13-10-16(14(2)25-19-5-4-15(24)12-17(19)22(30)31)20-18(11-13)21(29)27(3)23(26-20)28-6-8-32-9-7-28/h4-5,10-12,14,25H,6-9H2,1-3H3,(H,30,31)/t14-/m0/s1. The Balaban J connectivity index is 1.82. The minimum atomic E-state index is -1.23. The maximum Gasteiger partial charge on any atom is 0.337 e. The van der Waals surface area contributed by atoms with Crippen LogP contribution < -0.4 is 15.8 Å². The van der Waals surface area contributed by atoms with Crippen LogP contribution in [-0.2, 0) is 11.8 Å². The molecule has 1 saturated heterocycles. The number of nitrogens with one attached hydrogen (secondary N) is 1. The van der Waals surface area contributed by atoms with Gasteiger partial charge in [-0.15, -0.1) is 0 Å². The second-order valence-corrected chi connectivity index (χ2v) is 7.99. The van der Waals surface area contributed by atoms with E-state index in [-0.39, 0.29) is 11.1 Å². The van der Waals surface area contributed by atoms with Crippen molar-refractivity contribution < 1.29 is 19.0 Å². The molecule has 3 aromatic rings. The number of morpholine rings is 1. The Hall–Kier alpha value is -3.46. The van der Waals surface area contributed by atoms with Gasteiger partial charge in [-0.1, -0.05) is 6.07 Å². The van der Waals surface area contributed by atoms with Crippen LogP contribution in [0.4, 0.5) is 16.0 Å². The summed E-state index contributed by atoms with van der Waals surface area (Å²) in [5, 5.41) is 13.1. The lowest BCUT2D eigenvalue weighted by molar-refractivity contribution is 0.0697. The van der Waals surface area contributed by atoms with E-state index in [0.29, 0.717) is 48.8 Å². The molecule has 0 unspecified atom stereocenters. The van der Waals surface area contributed by atoms with Gasteiger partial charge in [0.15, 0.2) is 0 Å². The van der Waals surface area contributed by atoms with Crippen LogP contribution in [-0.4, -0.2) is 46.9 Å². The zero-order chi connectivity index (χ0) is 23.0. The molecule has 168 valence electrons. The number of carboxylic acid groups (broad SMARTS) is 1. The lowest BCUT2D eigenvalue weighted by atomic mass is 10.0. The van der Waals surface area contributed by atoms with E-state index in [0.717, 1.165) is 17.2 Å². The Morgan fingerprint density at radius 2 is 1.97 bits per heavy atom. The topological polar surface area (TPSA) is 96.7 Å². The summed E-state index contributed by atoms with van der Waals surface area (Å²) in [6, 6.07) is 6.94. The average molecular weight is 440 g/mol. The van der Waals surface area contributed by atoms with Crippen molar-refractivity contribution in [2.45, 2.75) is 19.9 Å². The van der Waals surface area contributed by atoms with Gasteiger partial charge in [0.1, 0.15) is 5.82 Å². The summed E-state index contributed by atoms with van der Waals surface area (Å²) >= 11 is 0. The van der Waals surface area contributed by atoms with E-state index in [9.17, 15) is 19.1 Å². The molecule has 0 saturated carbocycles. The summed E-state index contributed by atoms with van der Waals surface area (Å²) < 4.78 is 20.6. The van der Waals surface area contributed by atoms with Gasteiger partial charge in [0.05, 0.1) is 35.7 Å². The first-order valence-corrected chi connectivity index (χ1v) is 10.4. The van der Waals surface area contributed by atoms with Crippen LogP contribution in [0.1, 0.15) is 34.5 Å². The highest BCUT2D eigenvalue weighted by Gasteiger charge is 2.22. The summed E-state index contributed by atoms with van der Waals surface area (Å²) in [5.41, 5.74) is 2.18. The molecule has 1 aromatic heterocycles. The number of halogens is 1. The largest absolute Gasteiger partial charge is 0.478 e. The predicted molar refractivity (Wildman–Crippen MR) is 120 cm³/mol. The fourth-order valence-corrected chi connectivity index (χ4v) is 4.05. The zero-order valence-corrected chi connectivity index (χ0v) is 18.2. The third kappa shape index (κ3) is 4.03. The van der Waals surface area contributed by atoms with Crippen LogP contribution in [0.25, 0.3) is 10.9 Å². The van der Waals surface area contributed by atoms with E-state index < -0.39 is 17.8 Å². The summed E-state index contributed by atoms with van der Waals surface area (Å²) in [4.78, 5) is 31.6. The van der Waals surface area contributed by atoms with Crippen molar-refractivity contribution in [3.8, 4) is 0 Å². The number of ether oxygens (including phenoxy) is 1. The molecule has 0 spiro atoms. The number of aryl methyl sites for hydroxylation is 1. The summed E-state index contributed by atoms with van der Waals surface area (Å²) in [6.07, 6.45) is 0. The van der Waals surface area contributed by atoms with Crippen LogP contribution >= 0.6 is 0 Å². The lowest BCUT2D eigenvalue weighted by Gasteiger charge is -2.29. The highest BCUT2D eigenvalue weighted by Crippen LogP contribution is 2.29. The number of carbonyl (C=O) groups is 1. The molecule has 8 nitrogen and oxygen atoms in total. The molecular weight excluding hydrogens is 415 g/mol. The van der Waals surface area contributed by atoms with Crippen molar-refractivity contribution in [1.29, 1.82) is 0 Å². The molecule has 2 heterocycles. The number of anilines is 2. The fraction of sp³-hybridized carbons (Fsp3) is 0.348. The number of carboxylic acids is 1. The van der Waals surface area contributed by atoms with Crippen LogP contribution in [0.15, 0.2) is 35.1 Å². The van der Waals surface area contributed by atoms with Gasteiger partial charge in [-0.05, 0) is 43.7 Å². The molecule has 4 rings (SSSR count). The van der Waals surface area contributed by atoms with Gasteiger partial charge in [-0.3, -0.25) is 9.36 Å². The molecule has 0 aliphatic carbocycles. The van der Waals surface area contributed by atoms with Gasteiger partial charge < -0.3 is 20.1 Å². The van der Waals surface area contributed by atoms with Crippen molar-refractivity contribution in [2.24, 2.45) is 7.05 Å². The highest BCUT2D eigenvalue weighted by molar-refractivity contribution is 5.94. The predicted octanol–water partition coefficient (Wildman–Crippen LogP) is 3.09. The van der Waals surface area contributed by atoms with E-state index in [2.05, 4.69) is 5.32 Å². The van der Waals surface area contributed by atoms with E-state index in [1.807, 2.05) is 30.9 Å². The van der Waals surface area contributed by atoms with Gasteiger partial charge in [0, 0.05) is 31.4 Å². The second-order valence-electron chi connectivity index (χ2n) is 7.99. The van der Waals surface area contributed by atoms with Gasteiger partial charge in [0.25, 0.3) is 5.56 Å². The maximum atomic E-state index is 13.6. The summed E-state index contributed by atoms with van der Waals surface area (Å²) in [5.74, 6) is -1.28. The van der Waals surface area contributed by atoms with E-state index in [4.69, 9.17) is 9.72 Å². The van der Waals surface area contributed by atoms with Crippen LogP contribution in [0.2, 0.25) is 0 Å². The lowest BCUT2D eigenvalue weighted by Crippen LogP contribution is -2.40. The molecular formula is C23H25FN4O4. The Morgan fingerprint density at radius 1 is 1.25 bits per heavy atom. The first-order valence-electron chi connectivity index (χ1n) is 10.4. The van der Waals surface area contributed by atoms with E-state index >= 15 is 0 Å². The number of hydrogen-bond acceptors (Lipinski definition) is 6. The highest BCUT2D eigenvalue weighted by atomic mass is 19.1. The van der Waals surface area contributed by atoms with E-state index in [1.165, 1.54) is 12.1 Å². The number of aromatic carboxylic acids is 1.